The van der Waals surface area contributed by atoms with Crippen LogP contribution >= 0.6 is 0 Å². The molecule has 1 rings (SSSR count). The van der Waals surface area contributed by atoms with Gasteiger partial charge in [-0.25, -0.2) is 0 Å². The SMILES string of the molecule is CCCCCCCCCCCCCCCCC(=O)NC(CC(C)C)C(=O)N[C@H]1CCO[C@H]1OC(C)=O. The Hall–Kier alpha value is -1.63. The van der Waals surface area contributed by atoms with Crippen LogP contribution in [-0.2, 0) is 23.9 Å². The number of unbranched alkanes of at least 4 members (excludes halogenated alkanes) is 13. The van der Waals surface area contributed by atoms with Crippen molar-refractivity contribution in [3.63, 3.8) is 0 Å². The Labute approximate surface area is 220 Å². The first-order valence-electron chi connectivity index (χ1n) is 14.7. The highest BCUT2D eigenvalue weighted by atomic mass is 16.7. The van der Waals surface area contributed by atoms with E-state index in [2.05, 4.69) is 17.6 Å². The molecule has 2 N–H and O–H groups in total. The Morgan fingerprint density at radius 1 is 0.861 bits per heavy atom. The van der Waals surface area contributed by atoms with E-state index in [9.17, 15) is 14.4 Å². The van der Waals surface area contributed by atoms with Gasteiger partial charge in [-0.15, -0.1) is 0 Å². The quantitative estimate of drug-likeness (QED) is 0.142. The molecular weight excluding hydrogens is 456 g/mol. The van der Waals surface area contributed by atoms with E-state index in [0.717, 1.165) is 12.8 Å². The third kappa shape index (κ3) is 16.2. The molecular formula is C29H54N2O5. The molecule has 0 bridgehead atoms. The third-order valence-electron chi connectivity index (χ3n) is 6.77. The van der Waals surface area contributed by atoms with E-state index in [0.29, 0.717) is 25.9 Å². The number of ether oxygens (including phenoxy) is 2. The summed E-state index contributed by atoms with van der Waals surface area (Å²) in [6.07, 6.45) is 18.7. The number of hydrogen-bond acceptors (Lipinski definition) is 5. The van der Waals surface area contributed by atoms with Gasteiger partial charge in [0.25, 0.3) is 0 Å². The summed E-state index contributed by atoms with van der Waals surface area (Å²) < 4.78 is 10.5. The Balaban J connectivity index is 2.17. The average Bonchev–Trinajstić information content (AvgIpc) is 3.24. The molecule has 210 valence electrons. The van der Waals surface area contributed by atoms with E-state index >= 15 is 0 Å². The van der Waals surface area contributed by atoms with Crippen LogP contribution in [0, 0.1) is 5.92 Å². The Bertz CT molecular complexity index is 610. The molecule has 7 nitrogen and oxygen atoms in total. The van der Waals surface area contributed by atoms with Gasteiger partial charge in [-0.1, -0.05) is 104 Å². The maximum atomic E-state index is 12.9. The van der Waals surface area contributed by atoms with Gasteiger partial charge in [-0.2, -0.15) is 0 Å². The second-order valence-electron chi connectivity index (χ2n) is 10.8. The van der Waals surface area contributed by atoms with Crippen molar-refractivity contribution in [2.75, 3.05) is 6.61 Å². The Morgan fingerprint density at radius 2 is 1.39 bits per heavy atom. The molecule has 0 aromatic carbocycles. The van der Waals surface area contributed by atoms with Gasteiger partial charge < -0.3 is 20.1 Å². The largest absolute Gasteiger partial charge is 0.434 e. The van der Waals surface area contributed by atoms with Crippen LogP contribution in [0.3, 0.4) is 0 Å². The number of carbonyl (C=O) groups excluding carboxylic acids is 3. The lowest BCUT2D eigenvalue weighted by Gasteiger charge is -2.24. The van der Waals surface area contributed by atoms with Crippen LogP contribution in [0.4, 0.5) is 0 Å². The van der Waals surface area contributed by atoms with E-state index in [1.165, 1.54) is 84.0 Å². The molecule has 0 aliphatic carbocycles. The Morgan fingerprint density at radius 3 is 1.89 bits per heavy atom. The van der Waals surface area contributed by atoms with Gasteiger partial charge in [0.1, 0.15) is 6.04 Å². The monoisotopic (exact) mass is 510 g/mol. The first-order chi connectivity index (χ1) is 17.3. The minimum atomic E-state index is -0.766. The second kappa shape index (κ2) is 20.4. The van der Waals surface area contributed by atoms with Crippen molar-refractivity contribution in [3.8, 4) is 0 Å². The number of esters is 1. The van der Waals surface area contributed by atoms with Crippen molar-refractivity contribution in [1.29, 1.82) is 0 Å². The van der Waals surface area contributed by atoms with Crippen LogP contribution in [0.2, 0.25) is 0 Å². The molecule has 0 aromatic rings. The molecule has 0 saturated carbocycles. The molecule has 0 spiro atoms. The summed E-state index contributed by atoms with van der Waals surface area (Å²) in [5, 5.41) is 5.83. The fourth-order valence-corrected chi connectivity index (χ4v) is 4.72. The van der Waals surface area contributed by atoms with E-state index in [1.807, 2.05) is 13.8 Å². The van der Waals surface area contributed by atoms with E-state index in [-0.39, 0.29) is 17.7 Å². The molecule has 1 heterocycles. The molecule has 1 fully saturated rings. The zero-order chi connectivity index (χ0) is 26.6. The molecule has 1 aliphatic heterocycles. The lowest BCUT2D eigenvalue weighted by Crippen LogP contribution is -2.52. The zero-order valence-electron chi connectivity index (χ0n) is 23.6. The van der Waals surface area contributed by atoms with Gasteiger partial charge in [0.2, 0.25) is 18.1 Å². The van der Waals surface area contributed by atoms with Gasteiger partial charge in [0.15, 0.2) is 0 Å². The molecule has 36 heavy (non-hydrogen) atoms. The van der Waals surface area contributed by atoms with E-state index in [1.54, 1.807) is 0 Å². The average molecular weight is 511 g/mol. The molecule has 0 radical (unpaired) electrons. The van der Waals surface area contributed by atoms with Gasteiger partial charge in [0.05, 0.1) is 12.6 Å². The van der Waals surface area contributed by atoms with E-state index in [4.69, 9.17) is 9.47 Å². The molecule has 1 unspecified atom stereocenters. The van der Waals surface area contributed by atoms with Crippen LogP contribution in [0.5, 0.6) is 0 Å². The number of carbonyl (C=O) groups is 3. The molecule has 0 aromatic heterocycles. The third-order valence-corrected chi connectivity index (χ3v) is 6.77. The number of hydrogen-bond donors (Lipinski definition) is 2. The second-order valence-corrected chi connectivity index (χ2v) is 10.8. The van der Waals surface area contributed by atoms with Gasteiger partial charge in [-0.3, -0.25) is 14.4 Å². The fraction of sp³-hybridized carbons (Fsp3) is 0.897. The van der Waals surface area contributed by atoms with Gasteiger partial charge >= 0.3 is 5.97 Å². The van der Waals surface area contributed by atoms with Crippen LogP contribution < -0.4 is 10.6 Å². The molecule has 1 aliphatic rings. The summed E-state index contributed by atoms with van der Waals surface area (Å²) in [5.41, 5.74) is 0. The first-order valence-corrected chi connectivity index (χ1v) is 14.7. The predicted molar refractivity (Wildman–Crippen MR) is 144 cm³/mol. The van der Waals surface area contributed by atoms with Crippen molar-refractivity contribution in [3.05, 3.63) is 0 Å². The number of nitrogens with one attached hydrogen (secondary N) is 2. The summed E-state index contributed by atoms with van der Waals surface area (Å²) in [6.45, 7) is 8.06. The maximum absolute atomic E-state index is 12.9. The van der Waals surface area contributed by atoms with Crippen molar-refractivity contribution >= 4 is 17.8 Å². The van der Waals surface area contributed by atoms with Gasteiger partial charge in [-0.05, 0) is 25.2 Å². The zero-order valence-corrected chi connectivity index (χ0v) is 23.6. The molecule has 2 amide bonds. The number of rotatable bonds is 21. The summed E-state index contributed by atoms with van der Waals surface area (Å²) in [5.74, 6) is -0.507. The van der Waals surface area contributed by atoms with Crippen molar-refractivity contribution in [2.24, 2.45) is 5.92 Å². The summed E-state index contributed by atoms with van der Waals surface area (Å²) in [6, 6.07) is -0.985. The van der Waals surface area contributed by atoms with Crippen LogP contribution in [0.25, 0.3) is 0 Å². The minimum Gasteiger partial charge on any atom is -0.434 e. The highest BCUT2D eigenvalue weighted by Crippen LogP contribution is 2.17. The minimum absolute atomic E-state index is 0.0751. The molecule has 7 heteroatoms. The first kappa shape index (κ1) is 32.4. The van der Waals surface area contributed by atoms with Crippen LogP contribution in [-0.4, -0.2) is 42.8 Å². The van der Waals surface area contributed by atoms with E-state index < -0.39 is 24.3 Å². The van der Waals surface area contributed by atoms with Crippen molar-refractivity contribution in [2.45, 2.75) is 155 Å². The highest BCUT2D eigenvalue weighted by molar-refractivity contribution is 5.87. The standard InChI is InChI=1S/C29H54N2O5/c1-5-6-7-8-9-10-11-12-13-14-15-16-17-18-19-27(33)30-26(22-23(2)3)28(34)31-25-20-21-35-29(25)36-24(4)32/h23,25-26,29H,5-22H2,1-4H3,(H,30,33)(H,31,34)/t25-,26?,29-/m0/s1. The smallest absolute Gasteiger partial charge is 0.305 e. The topological polar surface area (TPSA) is 93.7 Å². The van der Waals surface area contributed by atoms with Gasteiger partial charge in [0, 0.05) is 13.3 Å². The maximum Gasteiger partial charge on any atom is 0.305 e. The highest BCUT2D eigenvalue weighted by Gasteiger charge is 2.34. The summed E-state index contributed by atoms with van der Waals surface area (Å²) in [7, 11) is 0. The molecule has 1 saturated heterocycles. The lowest BCUT2D eigenvalue weighted by molar-refractivity contribution is -0.170. The summed E-state index contributed by atoms with van der Waals surface area (Å²) >= 11 is 0. The van der Waals surface area contributed by atoms with Crippen LogP contribution in [0.1, 0.15) is 137 Å². The number of amides is 2. The fourth-order valence-electron chi connectivity index (χ4n) is 4.72. The predicted octanol–water partition coefficient (Wildman–Crippen LogP) is 6.18. The van der Waals surface area contributed by atoms with Crippen molar-refractivity contribution in [1.82, 2.24) is 10.6 Å². The molecule has 3 atom stereocenters. The van der Waals surface area contributed by atoms with Crippen molar-refractivity contribution < 1.29 is 23.9 Å². The Kier molecular flexibility index (Phi) is 18.4. The van der Waals surface area contributed by atoms with Crippen LogP contribution in [0.15, 0.2) is 0 Å². The normalized spacial score (nSPS) is 18.2. The summed E-state index contributed by atoms with van der Waals surface area (Å²) in [4.78, 5) is 36.7. The lowest BCUT2D eigenvalue weighted by atomic mass is 10.0.